The van der Waals surface area contributed by atoms with Gasteiger partial charge in [-0.3, -0.25) is 4.79 Å². The van der Waals surface area contributed by atoms with E-state index >= 15 is 0 Å². The second kappa shape index (κ2) is 9.33. The number of nitrogens with two attached hydrogens (primary N) is 1. The number of nitrogen functional groups attached to an aromatic ring is 1. The van der Waals surface area contributed by atoms with Gasteiger partial charge < -0.3 is 15.8 Å². The Labute approximate surface area is 179 Å². The van der Waals surface area contributed by atoms with Gasteiger partial charge in [-0.2, -0.15) is 0 Å². The van der Waals surface area contributed by atoms with Gasteiger partial charge in [0.25, 0.3) is 5.91 Å². The van der Waals surface area contributed by atoms with Crippen LogP contribution in [0.1, 0.15) is 63.2 Å². The molecule has 1 fully saturated rings. The highest BCUT2D eigenvalue weighted by molar-refractivity contribution is 6.01. The molecule has 0 unspecified atom stereocenters. The predicted molar refractivity (Wildman–Crippen MR) is 120 cm³/mol. The molecule has 0 bridgehead atoms. The van der Waals surface area contributed by atoms with E-state index in [1.165, 1.54) is 6.42 Å². The van der Waals surface area contributed by atoms with Crippen LogP contribution in [0.25, 0.3) is 11.1 Å². The minimum absolute atomic E-state index is 0.0855. The first kappa shape index (κ1) is 21.9. The SMILES string of the molecule is CC(C)(C)OC(=O)[C@@H](NC(=O)c1ccc(-c2ccccc2)cc1N)C1CCCCC1. The van der Waals surface area contributed by atoms with Gasteiger partial charge >= 0.3 is 5.97 Å². The Morgan fingerprint density at radius 1 is 1.00 bits per heavy atom. The third-order valence-electron chi connectivity index (χ3n) is 5.47. The van der Waals surface area contributed by atoms with Crippen molar-refractivity contribution in [1.82, 2.24) is 5.32 Å². The van der Waals surface area contributed by atoms with Crippen LogP contribution in [0.2, 0.25) is 0 Å². The normalized spacial score (nSPS) is 16.0. The summed E-state index contributed by atoms with van der Waals surface area (Å²) >= 11 is 0. The maximum Gasteiger partial charge on any atom is 0.329 e. The number of ether oxygens (including phenoxy) is 1. The van der Waals surface area contributed by atoms with Crippen molar-refractivity contribution in [3.8, 4) is 11.1 Å². The van der Waals surface area contributed by atoms with Gasteiger partial charge in [0, 0.05) is 5.69 Å². The first-order valence-electron chi connectivity index (χ1n) is 10.7. The molecule has 160 valence electrons. The lowest BCUT2D eigenvalue weighted by atomic mass is 9.83. The highest BCUT2D eigenvalue weighted by Crippen LogP contribution is 2.29. The van der Waals surface area contributed by atoms with Gasteiger partial charge in [-0.05, 0) is 62.8 Å². The number of esters is 1. The molecule has 2 aromatic carbocycles. The molecule has 0 aromatic heterocycles. The van der Waals surface area contributed by atoms with Crippen LogP contribution in [-0.2, 0) is 9.53 Å². The van der Waals surface area contributed by atoms with Crippen molar-refractivity contribution < 1.29 is 14.3 Å². The van der Waals surface area contributed by atoms with E-state index in [9.17, 15) is 9.59 Å². The highest BCUT2D eigenvalue weighted by Gasteiger charge is 2.34. The molecule has 1 amide bonds. The van der Waals surface area contributed by atoms with Crippen molar-refractivity contribution >= 4 is 17.6 Å². The van der Waals surface area contributed by atoms with Crippen LogP contribution in [0.3, 0.4) is 0 Å². The number of amides is 1. The van der Waals surface area contributed by atoms with Crippen molar-refractivity contribution in [2.75, 3.05) is 5.73 Å². The fraction of sp³-hybridized carbons (Fsp3) is 0.440. The number of benzene rings is 2. The van der Waals surface area contributed by atoms with E-state index in [2.05, 4.69) is 5.32 Å². The molecule has 3 rings (SSSR count). The zero-order valence-electron chi connectivity index (χ0n) is 18.1. The molecule has 0 radical (unpaired) electrons. The lowest BCUT2D eigenvalue weighted by molar-refractivity contribution is -0.159. The molecule has 2 aromatic rings. The Bertz CT molecular complexity index is 881. The number of carbonyl (C=O) groups excluding carboxylic acids is 2. The third kappa shape index (κ3) is 5.62. The summed E-state index contributed by atoms with van der Waals surface area (Å²) in [7, 11) is 0. The second-order valence-electron chi connectivity index (χ2n) is 9.05. The molecule has 1 saturated carbocycles. The molecule has 0 heterocycles. The molecule has 30 heavy (non-hydrogen) atoms. The lowest BCUT2D eigenvalue weighted by Gasteiger charge is -2.32. The molecule has 0 aliphatic heterocycles. The minimum Gasteiger partial charge on any atom is -0.458 e. The van der Waals surface area contributed by atoms with Gasteiger partial charge in [-0.1, -0.05) is 55.7 Å². The van der Waals surface area contributed by atoms with Gasteiger partial charge in [-0.15, -0.1) is 0 Å². The molecule has 5 nitrogen and oxygen atoms in total. The van der Waals surface area contributed by atoms with Gasteiger partial charge in [0.1, 0.15) is 11.6 Å². The minimum atomic E-state index is -0.662. The van der Waals surface area contributed by atoms with Crippen molar-refractivity contribution in [1.29, 1.82) is 0 Å². The zero-order valence-corrected chi connectivity index (χ0v) is 18.1. The fourth-order valence-corrected chi connectivity index (χ4v) is 4.00. The lowest BCUT2D eigenvalue weighted by Crippen LogP contribution is -2.49. The quantitative estimate of drug-likeness (QED) is 0.541. The van der Waals surface area contributed by atoms with Crippen LogP contribution >= 0.6 is 0 Å². The third-order valence-corrected chi connectivity index (χ3v) is 5.47. The molecule has 1 atom stereocenters. The first-order chi connectivity index (χ1) is 14.2. The first-order valence-corrected chi connectivity index (χ1v) is 10.7. The number of nitrogens with one attached hydrogen (secondary N) is 1. The Balaban J connectivity index is 1.80. The van der Waals surface area contributed by atoms with Crippen LogP contribution < -0.4 is 11.1 Å². The number of rotatable bonds is 5. The Kier molecular flexibility index (Phi) is 6.80. The molecular weight excluding hydrogens is 376 g/mol. The zero-order chi connectivity index (χ0) is 21.7. The van der Waals surface area contributed by atoms with E-state index in [-0.39, 0.29) is 17.8 Å². The average Bonchev–Trinajstić information content (AvgIpc) is 2.71. The number of carbonyl (C=O) groups is 2. The summed E-state index contributed by atoms with van der Waals surface area (Å²) in [5, 5.41) is 2.93. The maximum atomic E-state index is 13.0. The monoisotopic (exact) mass is 408 g/mol. The van der Waals surface area contributed by atoms with E-state index in [0.29, 0.717) is 11.3 Å². The number of hydrogen-bond acceptors (Lipinski definition) is 4. The van der Waals surface area contributed by atoms with Gasteiger partial charge in [0.05, 0.1) is 5.56 Å². The van der Waals surface area contributed by atoms with E-state index in [1.54, 1.807) is 12.1 Å². The molecule has 0 spiro atoms. The summed E-state index contributed by atoms with van der Waals surface area (Å²) < 4.78 is 5.61. The van der Waals surface area contributed by atoms with Crippen molar-refractivity contribution in [2.24, 2.45) is 5.92 Å². The molecule has 1 aliphatic rings. The predicted octanol–water partition coefficient (Wildman–Crippen LogP) is 4.96. The van der Waals surface area contributed by atoms with E-state index in [1.807, 2.05) is 57.2 Å². The van der Waals surface area contributed by atoms with Crippen LogP contribution in [0.5, 0.6) is 0 Å². The molecular formula is C25H32N2O3. The summed E-state index contributed by atoms with van der Waals surface area (Å²) in [5.41, 5.74) is 8.35. The second-order valence-corrected chi connectivity index (χ2v) is 9.05. The van der Waals surface area contributed by atoms with Gasteiger partial charge in [0.2, 0.25) is 0 Å². The molecule has 3 N–H and O–H groups in total. The van der Waals surface area contributed by atoms with Gasteiger partial charge in [0.15, 0.2) is 0 Å². The largest absolute Gasteiger partial charge is 0.458 e. The summed E-state index contributed by atoms with van der Waals surface area (Å²) in [5.74, 6) is -0.627. The topological polar surface area (TPSA) is 81.4 Å². The van der Waals surface area contributed by atoms with Crippen molar-refractivity contribution in [3.05, 3.63) is 54.1 Å². The van der Waals surface area contributed by atoms with Gasteiger partial charge in [-0.25, -0.2) is 4.79 Å². The smallest absolute Gasteiger partial charge is 0.329 e. The van der Waals surface area contributed by atoms with Crippen LogP contribution in [0.15, 0.2) is 48.5 Å². The fourth-order valence-electron chi connectivity index (χ4n) is 4.00. The molecule has 0 saturated heterocycles. The highest BCUT2D eigenvalue weighted by atomic mass is 16.6. The van der Waals surface area contributed by atoms with E-state index in [0.717, 1.165) is 36.8 Å². The van der Waals surface area contributed by atoms with Crippen LogP contribution in [-0.4, -0.2) is 23.5 Å². The number of hydrogen-bond donors (Lipinski definition) is 2. The van der Waals surface area contributed by atoms with Crippen LogP contribution in [0, 0.1) is 5.92 Å². The summed E-state index contributed by atoms with van der Waals surface area (Å²) in [6.07, 6.45) is 5.11. The number of anilines is 1. The summed E-state index contributed by atoms with van der Waals surface area (Å²) in [6.45, 7) is 5.51. The van der Waals surface area contributed by atoms with Crippen LogP contribution in [0.4, 0.5) is 5.69 Å². The van der Waals surface area contributed by atoms with Crippen molar-refractivity contribution in [2.45, 2.75) is 64.5 Å². The summed E-state index contributed by atoms with van der Waals surface area (Å²) in [4.78, 5) is 25.9. The average molecular weight is 409 g/mol. The maximum absolute atomic E-state index is 13.0. The summed E-state index contributed by atoms with van der Waals surface area (Å²) in [6, 6.07) is 14.6. The molecule has 1 aliphatic carbocycles. The Hall–Kier alpha value is -2.82. The standard InChI is InChI=1S/C25H32N2O3/c1-25(2,3)30-24(29)22(18-12-8-5-9-13-18)27-23(28)20-15-14-19(16-21(20)26)17-10-6-4-7-11-17/h4,6-7,10-11,14-16,18,22H,5,8-9,12-13,26H2,1-3H3,(H,27,28)/t22-/m0/s1. The molecule has 5 heteroatoms. The van der Waals surface area contributed by atoms with Crippen molar-refractivity contribution in [3.63, 3.8) is 0 Å². The Morgan fingerprint density at radius 2 is 1.67 bits per heavy atom. The van der Waals surface area contributed by atoms with E-state index in [4.69, 9.17) is 10.5 Å². The Morgan fingerprint density at radius 3 is 2.27 bits per heavy atom. The van der Waals surface area contributed by atoms with E-state index < -0.39 is 11.6 Å².